The van der Waals surface area contributed by atoms with E-state index in [9.17, 15) is 9.18 Å². The lowest BCUT2D eigenvalue weighted by Crippen LogP contribution is -2.49. The zero-order valence-electron chi connectivity index (χ0n) is 12.0. The van der Waals surface area contributed by atoms with Crippen LogP contribution in [0.5, 0.6) is 5.88 Å². The van der Waals surface area contributed by atoms with E-state index in [-0.39, 0.29) is 10.8 Å². The van der Waals surface area contributed by atoms with E-state index in [4.69, 9.17) is 4.74 Å². The van der Waals surface area contributed by atoms with Crippen molar-refractivity contribution in [2.75, 3.05) is 38.2 Å². The van der Waals surface area contributed by atoms with Gasteiger partial charge in [-0.1, -0.05) is 0 Å². The van der Waals surface area contributed by atoms with Crippen molar-refractivity contribution in [3.8, 4) is 5.88 Å². The molecule has 0 unspecified atom stereocenters. The topological polar surface area (TPSA) is 58.6 Å². The summed E-state index contributed by atoms with van der Waals surface area (Å²) in [5.41, 5.74) is 0. The number of rotatable bonds is 3. The van der Waals surface area contributed by atoms with E-state index in [1.807, 2.05) is 4.90 Å². The normalized spacial score (nSPS) is 15.0. The van der Waals surface area contributed by atoms with Gasteiger partial charge in [-0.2, -0.15) is 4.98 Å². The smallest absolute Gasteiger partial charge is 0.267 e. The fourth-order valence-corrected chi connectivity index (χ4v) is 3.03. The van der Waals surface area contributed by atoms with Gasteiger partial charge < -0.3 is 14.5 Å². The third-order valence-electron chi connectivity index (χ3n) is 3.49. The highest BCUT2D eigenvalue weighted by Gasteiger charge is 2.26. The van der Waals surface area contributed by atoms with Gasteiger partial charge in [0.15, 0.2) is 0 Å². The van der Waals surface area contributed by atoms with Crippen molar-refractivity contribution in [2.45, 2.75) is 0 Å². The highest BCUT2D eigenvalue weighted by atomic mass is 32.1. The quantitative estimate of drug-likeness (QED) is 0.860. The van der Waals surface area contributed by atoms with Gasteiger partial charge in [-0.15, -0.1) is 11.3 Å². The molecule has 0 radical (unpaired) electrons. The predicted octanol–water partition coefficient (Wildman–Crippen LogP) is 1.65. The lowest BCUT2D eigenvalue weighted by atomic mass is 10.3. The second kappa shape index (κ2) is 6.27. The third-order valence-corrected chi connectivity index (χ3v) is 4.37. The number of piperazine rings is 1. The molecule has 3 heterocycles. The van der Waals surface area contributed by atoms with Crippen LogP contribution in [-0.4, -0.2) is 54.1 Å². The largest absolute Gasteiger partial charge is 0.481 e. The Morgan fingerprint density at radius 1 is 1.32 bits per heavy atom. The maximum Gasteiger partial charge on any atom is 0.267 e. The number of hydrogen-bond donors (Lipinski definition) is 0. The van der Waals surface area contributed by atoms with E-state index in [2.05, 4.69) is 9.97 Å². The number of aromatic nitrogens is 2. The molecule has 1 aliphatic heterocycles. The maximum absolute atomic E-state index is 13.5. The number of halogens is 1. The van der Waals surface area contributed by atoms with Gasteiger partial charge >= 0.3 is 0 Å². The van der Waals surface area contributed by atoms with Crippen LogP contribution in [0.3, 0.4) is 0 Å². The molecule has 0 saturated carbocycles. The zero-order valence-corrected chi connectivity index (χ0v) is 12.8. The van der Waals surface area contributed by atoms with Crippen LogP contribution in [0.25, 0.3) is 0 Å². The molecule has 0 N–H and O–H groups in total. The standard InChI is InChI=1S/C14H15FN4O2S/c1-21-11-2-4-16-14(17-11)19-7-5-18(6-8-19)13(20)12-10(15)3-9-22-12/h2-4,9H,5-8H2,1H3. The molecule has 0 bridgehead atoms. The Balaban J connectivity index is 1.65. The second-order valence-electron chi connectivity index (χ2n) is 4.78. The first kappa shape index (κ1) is 14.7. The Morgan fingerprint density at radius 3 is 2.73 bits per heavy atom. The summed E-state index contributed by atoms with van der Waals surface area (Å²) >= 11 is 1.13. The van der Waals surface area contributed by atoms with Crippen LogP contribution < -0.4 is 9.64 Å². The average Bonchev–Trinajstić information content (AvgIpc) is 3.00. The monoisotopic (exact) mass is 322 g/mol. The molecule has 6 nitrogen and oxygen atoms in total. The average molecular weight is 322 g/mol. The van der Waals surface area contributed by atoms with Crippen molar-refractivity contribution in [2.24, 2.45) is 0 Å². The van der Waals surface area contributed by atoms with E-state index in [0.29, 0.717) is 38.0 Å². The Morgan fingerprint density at radius 2 is 2.09 bits per heavy atom. The maximum atomic E-state index is 13.5. The van der Waals surface area contributed by atoms with Crippen molar-refractivity contribution in [1.29, 1.82) is 0 Å². The number of carbonyl (C=O) groups is 1. The van der Waals surface area contributed by atoms with Gasteiger partial charge in [-0.25, -0.2) is 9.37 Å². The lowest BCUT2D eigenvalue weighted by Gasteiger charge is -2.34. The van der Waals surface area contributed by atoms with Gasteiger partial charge in [0.2, 0.25) is 11.8 Å². The number of thiophene rings is 1. The molecule has 1 aliphatic rings. The summed E-state index contributed by atoms with van der Waals surface area (Å²) in [5, 5.41) is 1.59. The van der Waals surface area contributed by atoms with Crippen LogP contribution >= 0.6 is 11.3 Å². The number of hydrogen-bond acceptors (Lipinski definition) is 6. The van der Waals surface area contributed by atoms with Crippen LogP contribution in [0.2, 0.25) is 0 Å². The van der Waals surface area contributed by atoms with E-state index < -0.39 is 5.82 Å². The van der Waals surface area contributed by atoms with Gasteiger partial charge in [0, 0.05) is 38.4 Å². The minimum Gasteiger partial charge on any atom is -0.481 e. The number of ether oxygens (including phenoxy) is 1. The van der Waals surface area contributed by atoms with Gasteiger partial charge in [-0.3, -0.25) is 4.79 Å². The Kier molecular flexibility index (Phi) is 4.19. The lowest BCUT2D eigenvalue weighted by molar-refractivity contribution is 0.0747. The first-order valence-corrected chi connectivity index (χ1v) is 7.71. The van der Waals surface area contributed by atoms with Crippen molar-refractivity contribution in [1.82, 2.24) is 14.9 Å². The molecule has 0 atom stereocenters. The van der Waals surface area contributed by atoms with Gasteiger partial charge in [0.05, 0.1) is 7.11 Å². The predicted molar refractivity (Wildman–Crippen MR) is 81.0 cm³/mol. The van der Waals surface area contributed by atoms with Crippen molar-refractivity contribution < 1.29 is 13.9 Å². The molecule has 2 aromatic heterocycles. The van der Waals surface area contributed by atoms with Crippen LogP contribution in [0.4, 0.5) is 10.3 Å². The Bertz CT molecular complexity index is 670. The number of nitrogens with zero attached hydrogens (tertiary/aromatic N) is 4. The first-order valence-electron chi connectivity index (χ1n) is 6.83. The van der Waals surface area contributed by atoms with Gasteiger partial charge in [0.1, 0.15) is 10.7 Å². The van der Waals surface area contributed by atoms with E-state index in [1.54, 1.807) is 29.7 Å². The molecule has 22 heavy (non-hydrogen) atoms. The molecule has 1 amide bonds. The molecule has 3 rings (SSSR count). The fourth-order valence-electron chi connectivity index (χ4n) is 2.30. The summed E-state index contributed by atoms with van der Waals surface area (Å²) < 4.78 is 18.6. The Hall–Kier alpha value is -2.22. The second-order valence-corrected chi connectivity index (χ2v) is 5.69. The molecular formula is C14H15FN4O2S. The van der Waals surface area contributed by atoms with Gasteiger partial charge in [-0.05, 0) is 11.4 Å². The summed E-state index contributed by atoms with van der Waals surface area (Å²) in [4.78, 5) is 24.6. The van der Waals surface area contributed by atoms with Crippen LogP contribution in [0, 0.1) is 5.82 Å². The van der Waals surface area contributed by atoms with Crippen LogP contribution in [0.1, 0.15) is 9.67 Å². The molecule has 1 saturated heterocycles. The number of anilines is 1. The number of methoxy groups -OCH3 is 1. The van der Waals surface area contributed by atoms with Crippen molar-refractivity contribution >= 4 is 23.2 Å². The third kappa shape index (κ3) is 2.87. The van der Waals surface area contributed by atoms with E-state index in [0.717, 1.165) is 11.3 Å². The summed E-state index contributed by atoms with van der Waals surface area (Å²) in [6, 6.07) is 3.00. The molecule has 1 fully saturated rings. The van der Waals surface area contributed by atoms with Crippen LogP contribution in [0.15, 0.2) is 23.7 Å². The highest BCUT2D eigenvalue weighted by molar-refractivity contribution is 7.12. The summed E-state index contributed by atoms with van der Waals surface area (Å²) in [5.74, 6) is 0.380. The summed E-state index contributed by atoms with van der Waals surface area (Å²) in [7, 11) is 1.55. The van der Waals surface area contributed by atoms with E-state index >= 15 is 0 Å². The first-order chi connectivity index (χ1) is 10.7. The summed E-state index contributed by atoms with van der Waals surface area (Å²) in [6.45, 7) is 2.23. The minimum absolute atomic E-state index is 0.172. The number of amides is 1. The molecular weight excluding hydrogens is 307 g/mol. The molecule has 0 spiro atoms. The summed E-state index contributed by atoms with van der Waals surface area (Å²) in [6.07, 6.45) is 1.64. The minimum atomic E-state index is -0.450. The number of carbonyl (C=O) groups excluding carboxylic acids is 1. The van der Waals surface area contributed by atoms with Crippen molar-refractivity contribution in [3.63, 3.8) is 0 Å². The van der Waals surface area contributed by atoms with Gasteiger partial charge in [0.25, 0.3) is 5.91 Å². The zero-order chi connectivity index (χ0) is 15.5. The van der Waals surface area contributed by atoms with Crippen LogP contribution in [-0.2, 0) is 0 Å². The SMILES string of the molecule is COc1ccnc(N2CCN(C(=O)c3sccc3F)CC2)n1. The fraction of sp³-hybridized carbons (Fsp3) is 0.357. The molecule has 2 aromatic rings. The molecule has 0 aliphatic carbocycles. The van der Waals surface area contributed by atoms with Crippen molar-refractivity contribution in [3.05, 3.63) is 34.4 Å². The Labute approximate surface area is 131 Å². The highest BCUT2D eigenvalue weighted by Crippen LogP contribution is 2.19. The van der Waals surface area contributed by atoms with E-state index in [1.165, 1.54) is 6.07 Å². The molecule has 8 heteroatoms. The molecule has 116 valence electrons. The molecule has 0 aromatic carbocycles.